The highest BCUT2D eigenvalue weighted by Crippen LogP contribution is 2.20. The maximum absolute atomic E-state index is 5.34. The number of methoxy groups -OCH3 is 1. The van der Waals surface area contributed by atoms with Crippen LogP contribution in [0, 0.1) is 0 Å². The number of hydrogen-bond donors (Lipinski definition) is 2. The fourth-order valence-corrected chi connectivity index (χ4v) is 2.44. The number of morpholine rings is 1. The Morgan fingerprint density at radius 1 is 1.29 bits per heavy atom. The zero-order chi connectivity index (χ0) is 16.6. The zero-order valence-corrected chi connectivity index (χ0v) is 13.7. The Bertz CT molecular complexity index is 648. The van der Waals surface area contributed by atoms with E-state index in [-0.39, 0.29) is 0 Å². The molecule has 0 saturated carbocycles. The van der Waals surface area contributed by atoms with Gasteiger partial charge in [0.25, 0.3) is 0 Å². The van der Waals surface area contributed by atoms with Crippen molar-refractivity contribution in [3.63, 3.8) is 0 Å². The predicted molar refractivity (Wildman–Crippen MR) is 91.9 cm³/mol. The van der Waals surface area contributed by atoms with Crippen molar-refractivity contribution in [1.82, 2.24) is 20.1 Å². The van der Waals surface area contributed by atoms with Gasteiger partial charge >= 0.3 is 0 Å². The molecular formula is C16H22N6O2. The maximum Gasteiger partial charge on any atom is 0.244 e. The molecule has 8 nitrogen and oxygen atoms in total. The SMILES string of the molecule is COc1cccc(Nc2cnnc(NCCN3CCOCC3)n2)c1. The van der Waals surface area contributed by atoms with Gasteiger partial charge in [-0.1, -0.05) is 6.07 Å². The largest absolute Gasteiger partial charge is 0.497 e. The van der Waals surface area contributed by atoms with Crippen LogP contribution in [0.1, 0.15) is 0 Å². The molecule has 0 amide bonds. The first-order chi connectivity index (χ1) is 11.8. The third kappa shape index (κ3) is 4.77. The molecule has 2 N–H and O–H groups in total. The summed E-state index contributed by atoms with van der Waals surface area (Å²) in [5.74, 6) is 1.93. The van der Waals surface area contributed by atoms with Crippen LogP contribution in [0.25, 0.3) is 0 Å². The number of ether oxygens (including phenoxy) is 2. The molecule has 1 aromatic carbocycles. The molecule has 0 aliphatic carbocycles. The lowest BCUT2D eigenvalue weighted by Gasteiger charge is -2.26. The molecule has 0 spiro atoms. The van der Waals surface area contributed by atoms with Crippen molar-refractivity contribution in [2.75, 3.05) is 57.1 Å². The van der Waals surface area contributed by atoms with E-state index in [1.165, 1.54) is 0 Å². The number of hydrogen-bond acceptors (Lipinski definition) is 8. The van der Waals surface area contributed by atoms with Gasteiger partial charge in [-0.15, -0.1) is 5.10 Å². The number of nitrogens with zero attached hydrogens (tertiary/aromatic N) is 4. The molecule has 24 heavy (non-hydrogen) atoms. The third-order valence-corrected chi connectivity index (χ3v) is 3.72. The van der Waals surface area contributed by atoms with Gasteiger partial charge in [0, 0.05) is 37.9 Å². The molecule has 0 radical (unpaired) electrons. The summed E-state index contributed by atoms with van der Waals surface area (Å²) in [7, 11) is 1.64. The standard InChI is InChI=1S/C16H22N6O2/c1-23-14-4-2-3-13(11-14)19-15-12-18-21-16(20-15)17-5-6-22-7-9-24-10-8-22/h2-4,11-12H,5-10H2,1H3,(H2,17,19,20,21). The van der Waals surface area contributed by atoms with E-state index in [1.807, 2.05) is 24.3 Å². The number of benzene rings is 1. The Labute approximate surface area is 141 Å². The predicted octanol–water partition coefficient (Wildman–Crippen LogP) is 1.37. The number of nitrogens with one attached hydrogen (secondary N) is 2. The second-order valence-electron chi connectivity index (χ2n) is 5.40. The highest BCUT2D eigenvalue weighted by atomic mass is 16.5. The first kappa shape index (κ1) is 16.4. The molecule has 1 saturated heterocycles. The fraction of sp³-hybridized carbons (Fsp3) is 0.438. The maximum atomic E-state index is 5.34. The van der Waals surface area contributed by atoms with Crippen molar-refractivity contribution in [3.8, 4) is 5.75 Å². The minimum Gasteiger partial charge on any atom is -0.497 e. The van der Waals surface area contributed by atoms with Crippen LogP contribution < -0.4 is 15.4 Å². The van der Waals surface area contributed by atoms with Crippen LogP contribution in [0.15, 0.2) is 30.5 Å². The van der Waals surface area contributed by atoms with E-state index in [1.54, 1.807) is 13.3 Å². The molecule has 0 atom stereocenters. The Kier molecular flexibility index (Phi) is 5.75. The molecule has 1 aliphatic rings. The Morgan fingerprint density at radius 2 is 2.17 bits per heavy atom. The molecule has 0 bridgehead atoms. The van der Waals surface area contributed by atoms with Gasteiger partial charge in [0.1, 0.15) is 5.75 Å². The van der Waals surface area contributed by atoms with E-state index >= 15 is 0 Å². The Balaban J connectivity index is 1.53. The van der Waals surface area contributed by atoms with Gasteiger partial charge in [-0.25, -0.2) is 0 Å². The number of anilines is 3. The van der Waals surface area contributed by atoms with Crippen molar-refractivity contribution >= 4 is 17.5 Å². The number of aromatic nitrogens is 3. The first-order valence-electron chi connectivity index (χ1n) is 7.98. The smallest absolute Gasteiger partial charge is 0.244 e. The monoisotopic (exact) mass is 330 g/mol. The second kappa shape index (κ2) is 8.42. The highest BCUT2D eigenvalue weighted by molar-refractivity contribution is 5.58. The van der Waals surface area contributed by atoms with Gasteiger partial charge in [-0.3, -0.25) is 4.90 Å². The van der Waals surface area contributed by atoms with Crippen LogP contribution in [0.3, 0.4) is 0 Å². The highest BCUT2D eigenvalue weighted by Gasteiger charge is 2.09. The summed E-state index contributed by atoms with van der Waals surface area (Å²) in [6.45, 7) is 5.25. The average Bonchev–Trinajstić information content (AvgIpc) is 2.63. The summed E-state index contributed by atoms with van der Waals surface area (Å²) < 4.78 is 10.6. The molecule has 2 heterocycles. The summed E-state index contributed by atoms with van der Waals surface area (Å²) in [6.07, 6.45) is 1.59. The van der Waals surface area contributed by atoms with Crippen LogP contribution in [0.4, 0.5) is 17.5 Å². The van der Waals surface area contributed by atoms with Crippen LogP contribution in [0.2, 0.25) is 0 Å². The molecule has 0 unspecified atom stereocenters. The normalized spacial score (nSPS) is 15.0. The van der Waals surface area contributed by atoms with E-state index in [0.717, 1.165) is 50.8 Å². The first-order valence-corrected chi connectivity index (χ1v) is 7.98. The molecule has 1 aliphatic heterocycles. The van der Waals surface area contributed by atoms with Crippen molar-refractivity contribution in [3.05, 3.63) is 30.5 Å². The summed E-state index contributed by atoms with van der Waals surface area (Å²) in [5, 5.41) is 14.4. The minimum absolute atomic E-state index is 0.510. The zero-order valence-electron chi connectivity index (χ0n) is 13.7. The molecule has 1 fully saturated rings. The molecule has 3 rings (SSSR count). The van der Waals surface area contributed by atoms with Crippen LogP contribution in [-0.2, 0) is 4.74 Å². The molecular weight excluding hydrogens is 308 g/mol. The van der Waals surface area contributed by atoms with E-state index in [0.29, 0.717) is 11.8 Å². The Morgan fingerprint density at radius 3 is 3.00 bits per heavy atom. The summed E-state index contributed by atoms with van der Waals surface area (Å²) >= 11 is 0. The van der Waals surface area contributed by atoms with Gasteiger partial charge in [-0.05, 0) is 12.1 Å². The Hall–Kier alpha value is -2.45. The van der Waals surface area contributed by atoms with Crippen molar-refractivity contribution < 1.29 is 9.47 Å². The molecule has 128 valence electrons. The van der Waals surface area contributed by atoms with Crippen molar-refractivity contribution in [1.29, 1.82) is 0 Å². The summed E-state index contributed by atoms with van der Waals surface area (Å²) in [4.78, 5) is 6.78. The topological polar surface area (TPSA) is 84.4 Å². The lowest BCUT2D eigenvalue weighted by Crippen LogP contribution is -2.39. The van der Waals surface area contributed by atoms with Gasteiger partial charge in [0.05, 0.1) is 26.5 Å². The van der Waals surface area contributed by atoms with E-state index in [9.17, 15) is 0 Å². The van der Waals surface area contributed by atoms with Gasteiger partial charge in [0.15, 0.2) is 5.82 Å². The van der Waals surface area contributed by atoms with E-state index in [4.69, 9.17) is 9.47 Å². The summed E-state index contributed by atoms with van der Waals surface area (Å²) in [5.41, 5.74) is 0.883. The van der Waals surface area contributed by atoms with Crippen LogP contribution >= 0.6 is 0 Å². The number of rotatable bonds is 7. The lowest BCUT2D eigenvalue weighted by atomic mass is 10.3. The van der Waals surface area contributed by atoms with Gasteiger partial charge in [-0.2, -0.15) is 10.1 Å². The van der Waals surface area contributed by atoms with Gasteiger partial charge < -0.3 is 20.1 Å². The van der Waals surface area contributed by atoms with Crippen molar-refractivity contribution in [2.24, 2.45) is 0 Å². The van der Waals surface area contributed by atoms with E-state index in [2.05, 4.69) is 30.7 Å². The molecule has 2 aromatic rings. The second-order valence-corrected chi connectivity index (χ2v) is 5.40. The quantitative estimate of drug-likeness (QED) is 0.787. The molecule has 8 heteroatoms. The fourth-order valence-electron chi connectivity index (χ4n) is 2.44. The average molecular weight is 330 g/mol. The lowest BCUT2D eigenvalue weighted by molar-refractivity contribution is 0.0398. The third-order valence-electron chi connectivity index (χ3n) is 3.72. The van der Waals surface area contributed by atoms with Crippen molar-refractivity contribution in [2.45, 2.75) is 0 Å². The van der Waals surface area contributed by atoms with Gasteiger partial charge in [0.2, 0.25) is 5.95 Å². The van der Waals surface area contributed by atoms with E-state index < -0.39 is 0 Å². The summed E-state index contributed by atoms with van der Waals surface area (Å²) in [6, 6.07) is 7.64. The van der Waals surface area contributed by atoms with Crippen LogP contribution in [-0.4, -0.2) is 66.6 Å². The van der Waals surface area contributed by atoms with Crippen LogP contribution in [0.5, 0.6) is 5.75 Å². The molecule has 1 aromatic heterocycles. The minimum atomic E-state index is 0.510.